The molecule has 1 aromatic carbocycles. The number of hydrogen-bond donors (Lipinski definition) is 0. The van der Waals surface area contributed by atoms with E-state index in [0.29, 0.717) is 37.8 Å². The molecular weight excluding hydrogens is 230 g/mol. The van der Waals surface area contributed by atoms with Crippen LogP contribution in [0.1, 0.15) is 12.0 Å². The molecular formula is C14H15NO3. The van der Waals surface area contributed by atoms with Crippen molar-refractivity contribution in [2.45, 2.75) is 13.0 Å². The van der Waals surface area contributed by atoms with Gasteiger partial charge in [-0.25, -0.2) is 4.79 Å². The highest BCUT2D eigenvalue weighted by Crippen LogP contribution is 2.37. The van der Waals surface area contributed by atoms with Gasteiger partial charge in [0.15, 0.2) is 0 Å². The van der Waals surface area contributed by atoms with E-state index < -0.39 is 0 Å². The van der Waals surface area contributed by atoms with Crippen molar-refractivity contribution in [3.63, 3.8) is 0 Å². The minimum Gasteiger partial charge on any atom is -0.445 e. The van der Waals surface area contributed by atoms with E-state index >= 15 is 0 Å². The summed E-state index contributed by atoms with van der Waals surface area (Å²) >= 11 is 0. The lowest BCUT2D eigenvalue weighted by Crippen LogP contribution is -2.35. The monoisotopic (exact) mass is 245 g/mol. The van der Waals surface area contributed by atoms with E-state index in [-0.39, 0.29) is 12.0 Å². The highest BCUT2D eigenvalue weighted by atomic mass is 16.6. The van der Waals surface area contributed by atoms with Crippen molar-refractivity contribution in [1.82, 2.24) is 4.90 Å². The summed E-state index contributed by atoms with van der Waals surface area (Å²) in [6.45, 7) is 1.50. The van der Waals surface area contributed by atoms with E-state index in [1.165, 1.54) is 0 Å². The number of fused-ring (bicyclic) bond motifs is 1. The lowest BCUT2D eigenvalue weighted by molar-refractivity contribution is -0.131. The Morgan fingerprint density at radius 2 is 2.06 bits per heavy atom. The van der Waals surface area contributed by atoms with Crippen molar-refractivity contribution in [2.75, 3.05) is 13.1 Å². The third-order valence-corrected chi connectivity index (χ3v) is 3.78. The summed E-state index contributed by atoms with van der Waals surface area (Å²) in [4.78, 5) is 24.8. The Balaban J connectivity index is 1.52. The number of ether oxygens (including phenoxy) is 1. The maximum Gasteiger partial charge on any atom is 0.410 e. The standard InChI is InChI=1S/C14H15NO3/c16-13-6-11-7-15(8-12(11)13)14(17)18-9-10-4-2-1-3-5-10/h1-5,11-12H,6-9H2. The van der Waals surface area contributed by atoms with Crippen molar-refractivity contribution in [3.8, 4) is 0 Å². The number of amides is 1. The first-order valence-corrected chi connectivity index (χ1v) is 6.22. The van der Waals surface area contributed by atoms with Crippen LogP contribution in [0.2, 0.25) is 0 Å². The van der Waals surface area contributed by atoms with E-state index in [1.807, 2.05) is 30.3 Å². The molecule has 0 radical (unpaired) electrons. The van der Waals surface area contributed by atoms with E-state index in [0.717, 1.165) is 5.56 Å². The van der Waals surface area contributed by atoms with Gasteiger partial charge in [0.2, 0.25) is 0 Å². The zero-order valence-electron chi connectivity index (χ0n) is 10.0. The van der Waals surface area contributed by atoms with Gasteiger partial charge >= 0.3 is 6.09 Å². The van der Waals surface area contributed by atoms with Crippen LogP contribution >= 0.6 is 0 Å². The van der Waals surface area contributed by atoms with Crippen molar-refractivity contribution in [3.05, 3.63) is 35.9 Å². The SMILES string of the molecule is O=C1CC2CN(C(=O)OCc3ccccc3)CC12. The molecule has 1 aromatic rings. The predicted molar refractivity (Wildman–Crippen MR) is 64.8 cm³/mol. The third kappa shape index (κ3) is 1.98. The van der Waals surface area contributed by atoms with Crippen LogP contribution in [0.4, 0.5) is 4.79 Å². The van der Waals surface area contributed by atoms with E-state index in [9.17, 15) is 9.59 Å². The Labute approximate surface area is 106 Å². The highest BCUT2D eigenvalue weighted by Gasteiger charge is 2.47. The van der Waals surface area contributed by atoms with Crippen LogP contribution in [-0.4, -0.2) is 29.9 Å². The fraction of sp³-hybridized carbons (Fsp3) is 0.429. The number of rotatable bonds is 2. The van der Waals surface area contributed by atoms with Gasteiger partial charge in [-0.3, -0.25) is 4.79 Å². The van der Waals surface area contributed by atoms with E-state index in [1.54, 1.807) is 4.90 Å². The van der Waals surface area contributed by atoms with Gasteiger partial charge < -0.3 is 9.64 Å². The molecule has 0 aromatic heterocycles. The van der Waals surface area contributed by atoms with Crippen LogP contribution in [0.5, 0.6) is 0 Å². The first-order valence-electron chi connectivity index (χ1n) is 6.22. The summed E-state index contributed by atoms with van der Waals surface area (Å²) in [5.74, 6) is 0.745. The second-order valence-corrected chi connectivity index (χ2v) is 4.98. The number of Topliss-reactive ketones (excluding diaryl/α,β-unsaturated/α-hetero) is 1. The molecule has 0 bridgehead atoms. The number of benzene rings is 1. The molecule has 0 spiro atoms. The second kappa shape index (κ2) is 4.44. The van der Waals surface area contributed by atoms with Gasteiger partial charge in [-0.15, -0.1) is 0 Å². The van der Waals surface area contributed by atoms with Crippen LogP contribution in [0, 0.1) is 11.8 Å². The average Bonchev–Trinajstić information content (AvgIpc) is 2.74. The van der Waals surface area contributed by atoms with Crippen LogP contribution in [0.15, 0.2) is 30.3 Å². The molecule has 1 saturated carbocycles. The van der Waals surface area contributed by atoms with Gasteiger partial charge in [0.05, 0.1) is 0 Å². The molecule has 1 heterocycles. The summed E-state index contributed by atoms with van der Waals surface area (Å²) in [6, 6.07) is 9.60. The Morgan fingerprint density at radius 1 is 1.28 bits per heavy atom. The minimum absolute atomic E-state index is 0.0780. The quantitative estimate of drug-likeness (QED) is 0.798. The molecule has 4 heteroatoms. The number of carbonyl (C=O) groups is 2. The van der Waals surface area contributed by atoms with E-state index in [2.05, 4.69) is 0 Å². The van der Waals surface area contributed by atoms with E-state index in [4.69, 9.17) is 4.74 Å². The minimum atomic E-state index is -0.305. The predicted octanol–water partition coefficient (Wildman–Crippen LogP) is 1.84. The maximum absolute atomic E-state index is 11.8. The fourth-order valence-electron chi connectivity index (χ4n) is 2.65. The number of carbonyl (C=O) groups excluding carboxylic acids is 2. The average molecular weight is 245 g/mol. The molecule has 2 aliphatic rings. The summed E-state index contributed by atoms with van der Waals surface area (Å²) in [7, 11) is 0. The second-order valence-electron chi connectivity index (χ2n) is 4.98. The molecule has 1 amide bonds. The van der Waals surface area contributed by atoms with Crippen LogP contribution in [0.3, 0.4) is 0 Å². The smallest absolute Gasteiger partial charge is 0.410 e. The molecule has 2 atom stereocenters. The van der Waals surface area contributed by atoms with Crippen molar-refractivity contribution < 1.29 is 14.3 Å². The van der Waals surface area contributed by atoms with Gasteiger partial charge in [0.25, 0.3) is 0 Å². The number of ketones is 1. The van der Waals surface area contributed by atoms with Gasteiger partial charge in [0.1, 0.15) is 12.4 Å². The summed E-state index contributed by atoms with van der Waals surface area (Å²) in [5, 5.41) is 0. The summed E-state index contributed by atoms with van der Waals surface area (Å²) in [5.41, 5.74) is 0.976. The first kappa shape index (κ1) is 11.3. The zero-order valence-corrected chi connectivity index (χ0v) is 10.0. The maximum atomic E-state index is 11.8. The van der Waals surface area contributed by atoms with Gasteiger partial charge in [-0.1, -0.05) is 30.3 Å². The summed E-state index contributed by atoms with van der Waals surface area (Å²) < 4.78 is 5.25. The molecule has 1 aliphatic heterocycles. The summed E-state index contributed by atoms with van der Waals surface area (Å²) in [6.07, 6.45) is 0.327. The lowest BCUT2D eigenvalue weighted by Gasteiger charge is -2.25. The molecule has 3 rings (SSSR count). The van der Waals surface area contributed by atoms with Crippen LogP contribution in [-0.2, 0) is 16.1 Å². The first-order chi connectivity index (χ1) is 8.74. The zero-order chi connectivity index (χ0) is 12.5. The molecule has 1 saturated heterocycles. The Kier molecular flexibility index (Phi) is 2.78. The normalized spacial score (nSPS) is 25.6. The largest absolute Gasteiger partial charge is 0.445 e. The Hall–Kier alpha value is -1.84. The van der Waals surface area contributed by atoms with Crippen LogP contribution < -0.4 is 0 Å². The van der Waals surface area contributed by atoms with Crippen LogP contribution in [0.25, 0.3) is 0 Å². The molecule has 94 valence electrons. The number of hydrogen-bond acceptors (Lipinski definition) is 3. The Morgan fingerprint density at radius 3 is 2.72 bits per heavy atom. The molecule has 1 aliphatic carbocycles. The highest BCUT2D eigenvalue weighted by molar-refractivity contribution is 5.89. The molecule has 18 heavy (non-hydrogen) atoms. The third-order valence-electron chi connectivity index (χ3n) is 3.78. The molecule has 4 nitrogen and oxygen atoms in total. The van der Waals surface area contributed by atoms with Crippen molar-refractivity contribution in [1.29, 1.82) is 0 Å². The van der Waals surface area contributed by atoms with Gasteiger partial charge in [0, 0.05) is 25.4 Å². The molecule has 0 N–H and O–H groups in total. The fourth-order valence-corrected chi connectivity index (χ4v) is 2.65. The van der Waals surface area contributed by atoms with Gasteiger partial charge in [-0.05, 0) is 11.5 Å². The lowest BCUT2D eigenvalue weighted by atomic mass is 9.75. The number of likely N-dealkylation sites (tertiary alicyclic amines) is 1. The molecule has 2 fully saturated rings. The Bertz CT molecular complexity index is 471. The van der Waals surface area contributed by atoms with Crippen molar-refractivity contribution >= 4 is 11.9 Å². The molecule has 2 unspecified atom stereocenters. The number of nitrogens with zero attached hydrogens (tertiary/aromatic N) is 1. The van der Waals surface area contributed by atoms with Gasteiger partial charge in [-0.2, -0.15) is 0 Å². The topological polar surface area (TPSA) is 46.6 Å². The van der Waals surface area contributed by atoms with Crippen molar-refractivity contribution in [2.24, 2.45) is 11.8 Å².